The van der Waals surface area contributed by atoms with Gasteiger partial charge < -0.3 is 5.11 Å². The second-order valence-electron chi connectivity index (χ2n) is 7.21. The molecule has 1 N–H and O–H groups in total. The minimum Gasteiger partial charge on any atom is -0.481 e. The highest BCUT2D eigenvalue weighted by molar-refractivity contribution is 5.86. The molecular formula is C19H25NO2. The molecule has 1 aromatic carbocycles. The molecule has 0 aliphatic rings. The van der Waals surface area contributed by atoms with Crippen LogP contribution in [0.15, 0.2) is 24.3 Å². The standard InChI is InChI=1S/C19H25NO2/c1-12(2)14-7-6-8-15-13(9-10-17(21)22)11-16(19(3,4)5)20-18(14)15/h6-8,11-12H,9-10H2,1-5H3,(H,21,22). The minimum atomic E-state index is -0.762. The van der Waals surface area contributed by atoms with Crippen molar-refractivity contribution in [1.29, 1.82) is 0 Å². The van der Waals surface area contributed by atoms with E-state index < -0.39 is 5.97 Å². The Morgan fingerprint density at radius 2 is 1.95 bits per heavy atom. The van der Waals surface area contributed by atoms with Gasteiger partial charge in [-0.25, -0.2) is 0 Å². The largest absolute Gasteiger partial charge is 0.481 e. The fraction of sp³-hybridized carbons (Fsp3) is 0.474. The number of hydrogen-bond acceptors (Lipinski definition) is 2. The summed E-state index contributed by atoms with van der Waals surface area (Å²) in [7, 11) is 0. The highest BCUT2D eigenvalue weighted by Gasteiger charge is 2.19. The minimum absolute atomic E-state index is 0.0593. The van der Waals surface area contributed by atoms with Gasteiger partial charge in [0.15, 0.2) is 0 Å². The van der Waals surface area contributed by atoms with Gasteiger partial charge in [0.25, 0.3) is 0 Å². The number of pyridine rings is 1. The van der Waals surface area contributed by atoms with Crippen LogP contribution < -0.4 is 0 Å². The molecule has 0 spiro atoms. The number of benzene rings is 1. The zero-order valence-corrected chi connectivity index (χ0v) is 14.1. The van der Waals surface area contributed by atoms with E-state index in [9.17, 15) is 4.79 Å². The maximum Gasteiger partial charge on any atom is 0.303 e. The third kappa shape index (κ3) is 3.46. The van der Waals surface area contributed by atoms with Gasteiger partial charge in [0, 0.05) is 22.9 Å². The highest BCUT2D eigenvalue weighted by Crippen LogP contribution is 2.31. The van der Waals surface area contributed by atoms with Crippen LogP contribution in [0.1, 0.15) is 63.8 Å². The number of para-hydroxylation sites is 1. The van der Waals surface area contributed by atoms with E-state index in [0.717, 1.165) is 22.2 Å². The van der Waals surface area contributed by atoms with E-state index in [1.165, 1.54) is 5.56 Å². The summed E-state index contributed by atoms with van der Waals surface area (Å²) in [4.78, 5) is 15.9. The number of hydrogen-bond donors (Lipinski definition) is 1. The van der Waals surface area contributed by atoms with Gasteiger partial charge in [0.05, 0.1) is 5.52 Å². The van der Waals surface area contributed by atoms with Gasteiger partial charge in [-0.2, -0.15) is 0 Å². The van der Waals surface area contributed by atoms with Crippen LogP contribution in [-0.4, -0.2) is 16.1 Å². The second-order valence-corrected chi connectivity index (χ2v) is 7.21. The number of fused-ring (bicyclic) bond motifs is 1. The van der Waals surface area contributed by atoms with Crippen molar-refractivity contribution in [2.24, 2.45) is 0 Å². The van der Waals surface area contributed by atoms with E-state index in [4.69, 9.17) is 10.1 Å². The Morgan fingerprint density at radius 3 is 2.50 bits per heavy atom. The molecule has 0 amide bonds. The molecule has 0 aliphatic heterocycles. The molecule has 0 unspecified atom stereocenters. The molecular weight excluding hydrogens is 274 g/mol. The van der Waals surface area contributed by atoms with Gasteiger partial charge in [0.2, 0.25) is 0 Å². The summed E-state index contributed by atoms with van der Waals surface area (Å²) >= 11 is 0. The van der Waals surface area contributed by atoms with Crippen molar-refractivity contribution in [1.82, 2.24) is 4.98 Å². The normalized spacial score (nSPS) is 12.1. The van der Waals surface area contributed by atoms with E-state index in [0.29, 0.717) is 12.3 Å². The molecule has 2 rings (SSSR count). The summed E-state index contributed by atoms with van der Waals surface area (Å²) in [6.07, 6.45) is 0.688. The van der Waals surface area contributed by atoms with Crippen molar-refractivity contribution in [2.45, 2.75) is 58.8 Å². The molecule has 0 atom stereocenters. The lowest BCUT2D eigenvalue weighted by Gasteiger charge is -2.21. The molecule has 1 aromatic heterocycles. The van der Waals surface area contributed by atoms with Crippen LogP contribution in [0.4, 0.5) is 0 Å². The van der Waals surface area contributed by atoms with E-state index >= 15 is 0 Å². The Labute approximate surface area is 132 Å². The molecule has 0 aliphatic carbocycles. The van der Waals surface area contributed by atoms with Crippen LogP contribution in [0.25, 0.3) is 10.9 Å². The Morgan fingerprint density at radius 1 is 1.27 bits per heavy atom. The SMILES string of the molecule is CC(C)c1cccc2c(CCC(=O)O)cc(C(C)(C)C)nc12. The summed E-state index contributed by atoms with van der Waals surface area (Å²) in [5.74, 6) is -0.374. The van der Waals surface area contributed by atoms with Crippen molar-refractivity contribution < 1.29 is 9.90 Å². The van der Waals surface area contributed by atoms with Crippen LogP contribution in [0.5, 0.6) is 0 Å². The summed E-state index contributed by atoms with van der Waals surface area (Å²) in [6, 6.07) is 8.29. The molecule has 3 heteroatoms. The zero-order valence-electron chi connectivity index (χ0n) is 14.1. The summed E-state index contributed by atoms with van der Waals surface area (Å²) in [6.45, 7) is 10.7. The Hall–Kier alpha value is -1.90. The topological polar surface area (TPSA) is 50.2 Å². The number of carbonyl (C=O) groups is 1. The summed E-state index contributed by atoms with van der Waals surface area (Å²) < 4.78 is 0. The van der Waals surface area contributed by atoms with Crippen molar-refractivity contribution in [3.8, 4) is 0 Å². The lowest BCUT2D eigenvalue weighted by molar-refractivity contribution is -0.136. The third-order valence-corrected chi connectivity index (χ3v) is 3.96. The maximum atomic E-state index is 11.0. The smallest absolute Gasteiger partial charge is 0.303 e. The van der Waals surface area contributed by atoms with Gasteiger partial charge in [-0.05, 0) is 29.5 Å². The lowest BCUT2D eigenvalue weighted by atomic mass is 9.88. The fourth-order valence-corrected chi connectivity index (χ4v) is 2.64. The third-order valence-electron chi connectivity index (χ3n) is 3.96. The molecule has 0 saturated heterocycles. The molecule has 0 radical (unpaired) electrons. The summed E-state index contributed by atoms with van der Waals surface area (Å²) in [5.41, 5.74) is 4.29. The first-order chi connectivity index (χ1) is 10.2. The van der Waals surface area contributed by atoms with Gasteiger partial charge >= 0.3 is 5.97 Å². The van der Waals surface area contributed by atoms with Crippen molar-refractivity contribution in [3.05, 3.63) is 41.1 Å². The van der Waals surface area contributed by atoms with Gasteiger partial charge in [-0.1, -0.05) is 52.8 Å². The van der Waals surface area contributed by atoms with Crippen LogP contribution in [0.3, 0.4) is 0 Å². The van der Waals surface area contributed by atoms with E-state index in [-0.39, 0.29) is 11.8 Å². The average Bonchev–Trinajstić information content (AvgIpc) is 2.42. The quantitative estimate of drug-likeness (QED) is 0.892. The number of aromatic nitrogens is 1. The van der Waals surface area contributed by atoms with Gasteiger partial charge in [0.1, 0.15) is 0 Å². The van der Waals surface area contributed by atoms with Crippen LogP contribution >= 0.6 is 0 Å². The first-order valence-corrected chi connectivity index (χ1v) is 7.85. The Balaban J connectivity index is 2.70. The predicted molar refractivity (Wildman–Crippen MR) is 90.5 cm³/mol. The van der Waals surface area contributed by atoms with Crippen molar-refractivity contribution >= 4 is 16.9 Å². The Kier molecular flexibility index (Phi) is 4.55. The highest BCUT2D eigenvalue weighted by atomic mass is 16.4. The summed E-state index contributed by atoms with van der Waals surface area (Å²) in [5, 5.41) is 10.1. The molecule has 118 valence electrons. The number of rotatable bonds is 4. The van der Waals surface area contributed by atoms with Crippen molar-refractivity contribution in [3.63, 3.8) is 0 Å². The first kappa shape index (κ1) is 16.5. The number of carboxylic acids is 1. The number of nitrogens with zero attached hydrogens (tertiary/aromatic N) is 1. The van der Waals surface area contributed by atoms with Crippen LogP contribution in [0.2, 0.25) is 0 Å². The molecule has 2 aromatic rings. The monoisotopic (exact) mass is 299 g/mol. The average molecular weight is 299 g/mol. The van der Waals surface area contributed by atoms with E-state index in [2.05, 4.69) is 52.8 Å². The molecule has 1 heterocycles. The molecule has 0 saturated carbocycles. The molecule has 22 heavy (non-hydrogen) atoms. The van der Waals surface area contributed by atoms with E-state index in [1.807, 2.05) is 6.07 Å². The molecule has 0 bridgehead atoms. The van der Waals surface area contributed by atoms with Gasteiger partial charge in [-0.15, -0.1) is 0 Å². The number of aryl methyl sites for hydroxylation is 1. The second kappa shape index (κ2) is 6.07. The lowest BCUT2D eigenvalue weighted by Crippen LogP contribution is -2.15. The van der Waals surface area contributed by atoms with Gasteiger partial charge in [-0.3, -0.25) is 9.78 Å². The number of aliphatic carboxylic acids is 1. The van der Waals surface area contributed by atoms with Crippen LogP contribution in [0, 0.1) is 0 Å². The first-order valence-electron chi connectivity index (χ1n) is 7.85. The molecule has 0 fully saturated rings. The molecule has 3 nitrogen and oxygen atoms in total. The maximum absolute atomic E-state index is 11.0. The fourth-order valence-electron chi connectivity index (χ4n) is 2.64. The van der Waals surface area contributed by atoms with Crippen molar-refractivity contribution in [2.75, 3.05) is 0 Å². The van der Waals surface area contributed by atoms with E-state index in [1.54, 1.807) is 0 Å². The Bertz CT molecular complexity index is 696. The number of carboxylic acid groups (broad SMARTS) is 1. The predicted octanol–water partition coefficient (Wildman–Crippen LogP) is 4.67. The van der Waals surface area contributed by atoms with Crippen LogP contribution in [-0.2, 0) is 16.6 Å². The zero-order chi connectivity index (χ0) is 16.5.